The zero-order chi connectivity index (χ0) is 15.6. The second-order valence-corrected chi connectivity index (χ2v) is 7.07. The highest BCUT2D eigenvalue weighted by atomic mass is 79.9. The van der Waals surface area contributed by atoms with Gasteiger partial charge in [-0.2, -0.15) is 5.26 Å². The number of nitrogen functional groups attached to an aromatic ring is 1. The van der Waals surface area contributed by atoms with E-state index < -0.39 is 10.0 Å². The molecular weight excluding hydrogens is 378 g/mol. The van der Waals surface area contributed by atoms with E-state index in [0.717, 1.165) is 0 Å². The van der Waals surface area contributed by atoms with E-state index in [1.165, 1.54) is 30.3 Å². The van der Waals surface area contributed by atoms with E-state index in [9.17, 15) is 8.42 Å². The van der Waals surface area contributed by atoms with Gasteiger partial charge in [-0.15, -0.1) is 0 Å². The van der Waals surface area contributed by atoms with Crippen LogP contribution < -0.4 is 10.5 Å². The maximum Gasteiger partial charge on any atom is 0.263 e. The Morgan fingerprint density at radius 3 is 2.62 bits per heavy atom. The maximum atomic E-state index is 12.4. The predicted octanol–water partition coefficient (Wildman–Crippen LogP) is 3.36. The van der Waals surface area contributed by atoms with E-state index in [4.69, 9.17) is 22.6 Å². The van der Waals surface area contributed by atoms with Crippen LogP contribution in [-0.2, 0) is 10.0 Å². The van der Waals surface area contributed by atoms with E-state index in [1.54, 1.807) is 6.07 Å². The highest BCUT2D eigenvalue weighted by molar-refractivity contribution is 9.10. The smallest absolute Gasteiger partial charge is 0.263 e. The monoisotopic (exact) mass is 385 g/mol. The summed E-state index contributed by atoms with van der Waals surface area (Å²) in [5.41, 5.74) is 6.21. The minimum absolute atomic E-state index is 0.0465. The van der Waals surface area contributed by atoms with Gasteiger partial charge in [0.15, 0.2) is 0 Å². The Balaban J connectivity index is 2.50. The van der Waals surface area contributed by atoms with Crippen LogP contribution in [0.5, 0.6) is 0 Å². The number of rotatable bonds is 3. The standard InChI is InChI=1S/C13H9BrClN3O2S/c14-9-2-1-8(7-16)12(5-9)18-21(19,20)13-6-10(17)3-4-11(13)15/h1-6,18H,17H2. The number of hydrogen-bond donors (Lipinski definition) is 2. The van der Waals surface area contributed by atoms with Crippen LogP contribution in [0.1, 0.15) is 5.56 Å². The van der Waals surface area contributed by atoms with Crippen molar-refractivity contribution >= 4 is 48.9 Å². The first-order valence-electron chi connectivity index (χ1n) is 5.61. The Morgan fingerprint density at radius 1 is 1.24 bits per heavy atom. The first-order valence-corrected chi connectivity index (χ1v) is 8.26. The number of benzene rings is 2. The van der Waals surface area contributed by atoms with Gasteiger partial charge >= 0.3 is 0 Å². The maximum absolute atomic E-state index is 12.4. The third-order valence-electron chi connectivity index (χ3n) is 2.59. The zero-order valence-corrected chi connectivity index (χ0v) is 13.6. The lowest BCUT2D eigenvalue weighted by Crippen LogP contribution is -2.14. The molecular formula is C13H9BrClN3O2S. The van der Waals surface area contributed by atoms with Crippen LogP contribution in [0.25, 0.3) is 0 Å². The molecule has 8 heteroatoms. The lowest BCUT2D eigenvalue weighted by Gasteiger charge is -2.11. The Labute approximate surface area is 135 Å². The van der Waals surface area contributed by atoms with Crippen molar-refractivity contribution in [3.8, 4) is 6.07 Å². The first kappa shape index (κ1) is 15.6. The molecule has 3 N–H and O–H groups in total. The quantitative estimate of drug-likeness (QED) is 0.791. The third-order valence-corrected chi connectivity index (χ3v) is 4.93. The fraction of sp³-hybridized carbons (Fsp3) is 0. The molecule has 0 radical (unpaired) electrons. The minimum atomic E-state index is -3.95. The van der Waals surface area contributed by atoms with Gasteiger partial charge in [0.25, 0.3) is 10.0 Å². The van der Waals surface area contributed by atoms with Gasteiger partial charge < -0.3 is 5.73 Å². The molecule has 5 nitrogen and oxygen atoms in total. The highest BCUT2D eigenvalue weighted by Gasteiger charge is 2.20. The third kappa shape index (κ3) is 3.47. The lowest BCUT2D eigenvalue weighted by atomic mass is 10.2. The van der Waals surface area contributed by atoms with Crippen LogP contribution in [0.15, 0.2) is 45.8 Å². The SMILES string of the molecule is N#Cc1ccc(Br)cc1NS(=O)(=O)c1cc(N)ccc1Cl. The van der Waals surface area contributed by atoms with E-state index in [0.29, 0.717) is 4.47 Å². The van der Waals surface area contributed by atoms with Gasteiger partial charge in [-0.1, -0.05) is 27.5 Å². The van der Waals surface area contributed by atoms with Crippen LogP contribution in [0.4, 0.5) is 11.4 Å². The van der Waals surface area contributed by atoms with Crippen LogP contribution in [0, 0.1) is 11.3 Å². The van der Waals surface area contributed by atoms with Crippen molar-refractivity contribution in [3.63, 3.8) is 0 Å². The summed E-state index contributed by atoms with van der Waals surface area (Å²) in [7, 11) is -3.95. The molecule has 21 heavy (non-hydrogen) atoms. The number of nitrogens with two attached hydrogens (primary N) is 1. The highest BCUT2D eigenvalue weighted by Crippen LogP contribution is 2.28. The molecule has 0 amide bonds. The molecule has 0 aliphatic carbocycles. The molecule has 0 unspecified atom stereocenters. The topological polar surface area (TPSA) is 96.0 Å². The number of nitrogens with zero attached hydrogens (tertiary/aromatic N) is 1. The summed E-state index contributed by atoms with van der Waals surface area (Å²) < 4.78 is 27.7. The average Bonchev–Trinajstić information content (AvgIpc) is 2.41. The van der Waals surface area contributed by atoms with Gasteiger partial charge in [0.2, 0.25) is 0 Å². The van der Waals surface area contributed by atoms with Gasteiger partial charge in [0.1, 0.15) is 11.0 Å². The van der Waals surface area contributed by atoms with Crippen molar-refractivity contribution in [2.45, 2.75) is 4.90 Å². The Morgan fingerprint density at radius 2 is 1.95 bits per heavy atom. The summed E-state index contributed by atoms with van der Waals surface area (Å²) >= 11 is 9.13. The first-order chi connectivity index (χ1) is 9.83. The molecule has 2 aromatic carbocycles. The Kier molecular flexibility index (Phi) is 4.42. The van der Waals surface area contributed by atoms with Gasteiger partial charge in [-0.3, -0.25) is 4.72 Å². The Bertz CT molecular complexity index is 847. The summed E-state index contributed by atoms with van der Waals surface area (Å²) in [5, 5.41) is 9.08. The summed E-state index contributed by atoms with van der Waals surface area (Å²) in [5.74, 6) is 0. The molecule has 0 aromatic heterocycles. The fourth-order valence-corrected chi connectivity index (χ4v) is 3.59. The molecule has 0 aliphatic heterocycles. The normalized spacial score (nSPS) is 10.9. The number of hydrogen-bond acceptors (Lipinski definition) is 4. The van der Waals surface area contributed by atoms with Crippen LogP contribution >= 0.6 is 27.5 Å². The van der Waals surface area contributed by atoms with Crippen molar-refractivity contribution in [1.82, 2.24) is 0 Å². The molecule has 0 saturated heterocycles. The van der Waals surface area contributed by atoms with Gasteiger partial charge in [-0.25, -0.2) is 8.42 Å². The van der Waals surface area contributed by atoms with Crippen LogP contribution in [0.2, 0.25) is 5.02 Å². The summed E-state index contributed by atoms with van der Waals surface area (Å²) in [6.07, 6.45) is 0. The second kappa shape index (κ2) is 5.93. The molecule has 2 aromatic rings. The van der Waals surface area contributed by atoms with Crippen LogP contribution in [-0.4, -0.2) is 8.42 Å². The zero-order valence-electron chi connectivity index (χ0n) is 10.5. The van der Waals surface area contributed by atoms with Gasteiger partial charge in [0, 0.05) is 10.2 Å². The molecule has 0 atom stereocenters. The summed E-state index contributed by atoms with van der Waals surface area (Å²) in [6, 6.07) is 10.7. The van der Waals surface area contributed by atoms with Crippen molar-refractivity contribution in [3.05, 3.63) is 51.5 Å². The molecule has 0 heterocycles. The molecule has 0 spiro atoms. The van der Waals surface area contributed by atoms with Crippen molar-refractivity contribution in [2.75, 3.05) is 10.5 Å². The molecule has 2 rings (SSSR count). The number of nitrogens with one attached hydrogen (secondary N) is 1. The van der Waals surface area contributed by atoms with E-state index in [2.05, 4.69) is 20.7 Å². The van der Waals surface area contributed by atoms with Crippen molar-refractivity contribution < 1.29 is 8.42 Å². The number of sulfonamides is 1. The average molecular weight is 387 g/mol. The van der Waals surface area contributed by atoms with Crippen LogP contribution in [0.3, 0.4) is 0 Å². The molecule has 0 fully saturated rings. The Hall–Kier alpha value is -1.75. The second-order valence-electron chi connectivity index (χ2n) is 4.10. The van der Waals surface area contributed by atoms with E-state index >= 15 is 0 Å². The van der Waals surface area contributed by atoms with E-state index in [1.807, 2.05) is 6.07 Å². The van der Waals surface area contributed by atoms with E-state index in [-0.39, 0.29) is 26.9 Å². The number of nitriles is 1. The van der Waals surface area contributed by atoms with Crippen molar-refractivity contribution in [1.29, 1.82) is 5.26 Å². The predicted molar refractivity (Wildman–Crippen MR) is 85.5 cm³/mol. The van der Waals surface area contributed by atoms with Gasteiger partial charge in [0.05, 0.1) is 16.3 Å². The molecule has 108 valence electrons. The lowest BCUT2D eigenvalue weighted by molar-refractivity contribution is 0.601. The summed E-state index contributed by atoms with van der Waals surface area (Å²) in [4.78, 5) is -0.145. The molecule has 0 bridgehead atoms. The fourth-order valence-electron chi connectivity index (χ4n) is 1.62. The minimum Gasteiger partial charge on any atom is -0.399 e. The summed E-state index contributed by atoms with van der Waals surface area (Å²) in [6.45, 7) is 0. The van der Waals surface area contributed by atoms with Gasteiger partial charge in [-0.05, 0) is 36.4 Å². The number of anilines is 2. The molecule has 0 aliphatic rings. The largest absolute Gasteiger partial charge is 0.399 e. The van der Waals surface area contributed by atoms with Crippen molar-refractivity contribution in [2.24, 2.45) is 0 Å². The molecule has 0 saturated carbocycles. The number of halogens is 2.